The number of hydrogen-bond acceptors (Lipinski definition) is 25. The van der Waals surface area contributed by atoms with Crippen LogP contribution in [0.2, 0.25) is 0 Å². The summed E-state index contributed by atoms with van der Waals surface area (Å²) in [6, 6.07) is 11.1. The fourth-order valence-electron chi connectivity index (χ4n) is 6.85. The summed E-state index contributed by atoms with van der Waals surface area (Å²) >= 11 is 0. The van der Waals surface area contributed by atoms with Gasteiger partial charge in [-0.1, -0.05) is 291 Å². The number of aliphatic hydroxyl groups excluding tert-OH is 3. The second kappa shape index (κ2) is 92.3. The lowest BCUT2D eigenvalue weighted by atomic mass is 9.98. The summed E-state index contributed by atoms with van der Waals surface area (Å²) in [5, 5.41) is 84.4. The first kappa shape index (κ1) is 146. The number of aliphatic imine (C=N–C) groups is 2. The van der Waals surface area contributed by atoms with E-state index >= 15 is 0 Å². The average molecular weight is 1920 g/mol. The molecule has 1 aliphatic heterocycles. The summed E-state index contributed by atoms with van der Waals surface area (Å²) in [5.41, 5.74) is 24.1. The van der Waals surface area contributed by atoms with Crippen LogP contribution in [0, 0.1) is 76.9 Å². The molecule has 3 amide bonds. The number of tetrazole rings is 3. The average Bonchev–Trinajstić information content (AvgIpc) is 1.84. The molecule has 788 valence electrons. The van der Waals surface area contributed by atoms with Crippen LogP contribution in [0.15, 0.2) is 121 Å². The van der Waals surface area contributed by atoms with Gasteiger partial charge in [-0.2, -0.15) is 20.8 Å². The van der Waals surface area contributed by atoms with Crippen molar-refractivity contribution >= 4 is 35.1 Å². The first-order valence-electron chi connectivity index (χ1n) is 48.0. The minimum absolute atomic E-state index is 0.00926. The molecule has 0 saturated carbocycles. The van der Waals surface area contributed by atoms with Crippen molar-refractivity contribution in [2.45, 2.75) is 391 Å². The van der Waals surface area contributed by atoms with E-state index < -0.39 is 0 Å². The largest absolute Gasteiger partial charge is 0.512 e. The van der Waals surface area contributed by atoms with Crippen molar-refractivity contribution in [3.05, 3.63) is 135 Å². The minimum Gasteiger partial charge on any atom is -0.512 e. The number of amidine groups is 2. The third kappa shape index (κ3) is 114. The molecule has 37 heteroatoms. The van der Waals surface area contributed by atoms with Gasteiger partial charge in [-0.15, -0.1) is 35.7 Å². The Balaban J connectivity index is -0.000000155. The molecule has 0 aromatic carbocycles. The molecule has 7 aromatic heterocycles. The molecule has 0 bridgehead atoms. The smallest absolute Gasteiger partial charge is 0.247 e. The fourth-order valence-corrected chi connectivity index (χ4v) is 6.85. The van der Waals surface area contributed by atoms with E-state index in [4.69, 9.17) is 28.0 Å². The molecule has 37 nitrogen and oxygen atoms in total. The van der Waals surface area contributed by atoms with Crippen LogP contribution in [0.25, 0.3) is 0 Å². The van der Waals surface area contributed by atoms with Gasteiger partial charge in [-0.05, 0) is 139 Å². The van der Waals surface area contributed by atoms with Gasteiger partial charge in [-0.3, -0.25) is 39.3 Å². The number of aromatic amines is 7. The SMILES string of the molecule is CC(C)/C=C(\O)C(C)C.CC(C)C.CC(C)C.CC(C)C(N)=O.CC(C)C(N)=O.CC(C)C1=NN=NC1.CC(C)CC(O)C(C)C.CC(C)N=C(N)C(C)C.CC(C)N=C(N)C(C)C.CC(C)NC(=O)C(C)C.CC(C)NC(O)C(C)C.CC(C)c1cnc[nH]1.CC(C)c1cnc[nH]1.CC(C)c1nn[nH]n1.CC(C)c1nn[nH]n1.CC(C)c1nn[nH]n1.O=c1cccc[nH]1.O=c1cccc[nH]1. The van der Waals surface area contributed by atoms with E-state index in [0.29, 0.717) is 101 Å². The molecule has 0 aliphatic carbocycles. The molecule has 0 radical (unpaired) electrons. The molecule has 7 aromatic rings. The van der Waals surface area contributed by atoms with E-state index in [-0.39, 0.29) is 70.9 Å². The van der Waals surface area contributed by atoms with Crippen LogP contribution >= 0.6 is 0 Å². The maximum absolute atomic E-state index is 10.8. The summed E-state index contributed by atoms with van der Waals surface area (Å²) in [4.78, 5) is 78.2. The fraction of sp³-hybridized carbons (Fsp3) is 0.727. The molecule has 1 aliphatic rings. The van der Waals surface area contributed by atoms with E-state index in [1.807, 2.05) is 198 Å². The van der Waals surface area contributed by atoms with Crippen molar-refractivity contribution in [1.82, 2.24) is 102 Å². The number of H-pyrrole nitrogens is 7. The Morgan fingerprint density at radius 1 is 0.434 bits per heavy atom. The summed E-state index contributed by atoms with van der Waals surface area (Å²) in [6.45, 7) is 94.0. The summed E-state index contributed by atoms with van der Waals surface area (Å²) < 4.78 is 0. The Hall–Kier alpha value is -10.4. The van der Waals surface area contributed by atoms with Crippen molar-refractivity contribution in [1.29, 1.82) is 0 Å². The number of hydrogen-bond donors (Lipinski definition) is 16. The van der Waals surface area contributed by atoms with E-state index in [1.165, 1.54) is 23.5 Å². The molecule has 0 fully saturated rings. The van der Waals surface area contributed by atoms with E-state index in [1.54, 1.807) is 77.0 Å². The number of carbonyl (C=O) groups excluding carboxylic acids is 3. The Kier molecular flexibility index (Phi) is 99.0. The minimum atomic E-state index is -0.356. The van der Waals surface area contributed by atoms with Crippen LogP contribution in [0.4, 0.5) is 0 Å². The monoisotopic (exact) mass is 1920 g/mol. The number of carbonyl (C=O) groups is 3. The Labute approximate surface area is 821 Å². The first-order valence-corrected chi connectivity index (χ1v) is 48.0. The highest BCUT2D eigenvalue weighted by molar-refractivity contribution is 5.88. The molecule has 2 atom stereocenters. The molecule has 20 N–H and O–H groups in total. The Morgan fingerprint density at radius 2 is 0.765 bits per heavy atom. The maximum Gasteiger partial charge on any atom is 0.247 e. The quantitative estimate of drug-likeness (QED) is 0.0130. The van der Waals surface area contributed by atoms with Crippen LogP contribution in [0.5, 0.6) is 0 Å². The standard InChI is InChI=1S/C8H18O.C8H16O.2C7H16N2.C7H17NO.C7H15NO.2C6H10N2.C5H9N3.2C5H5NO.3C4H8N4.2C4H9NO.2C4H10/c2*1-6(2)5-8(9)7(3)4;2*1-5(2)7(8)9-6(3)4;2*1-5(2)7(9)8-6(3)4;2*1-5(2)6-3-7-4-8-6;1-4(2)5-3-6-8-7-5;2*7-5-3-1-2-4-6-5;3*1-3(2)4-5-7-8-6-4;2*1-3(2)4(5)6;2*1-4(2)3/h6-9H,5H2,1-4H3;5-7,9H,1-4H3;2*5-6H,1-4H3,(H2,8,9);5-9H,1-4H3;5-6H,1-4H3,(H,8,9);2*3-5H,1-2H3,(H,7,8);4H,3H2,1-2H3;2*1-4H,(H,6,7);3*3H,1-2H3,(H,5,6,7,8);2*3H,1-2H3,(H2,5,6);2*4H,1-3H3/b;8-5-;;;;;;;;;;;;;;;;. The van der Waals surface area contributed by atoms with E-state index in [0.717, 1.165) is 53.1 Å². The Morgan fingerprint density at radius 3 is 0.860 bits per heavy atom. The van der Waals surface area contributed by atoms with Gasteiger partial charge < -0.3 is 63.5 Å². The van der Waals surface area contributed by atoms with Crippen molar-refractivity contribution in [3.8, 4) is 0 Å². The molecule has 2 unspecified atom stereocenters. The predicted molar refractivity (Wildman–Crippen MR) is 566 cm³/mol. The second-order valence-corrected chi connectivity index (χ2v) is 39.1. The van der Waals surface area contributed by atoms with Gasteiger partial charge in [0, 0.05) is 126 Å². The molecule has 0 spiro atoms. The van der Waals surface area contributed by atoms with Gasteiger partial charge in [0.05, 0.1) is 41.9 Å². The van der Waals surface area contributed by atoms with Gasteiger partial charge in [0.25, 0.3) is 0 Å². The zero-order valence-corrected chi connectivity index (χ0v) is 93.1. The normalized spacial score (nSPS) is 11.6. The number of amides is 3. The van der Waals surface area contributed by atoms with Gasteiger partial charge in [0.2, 0.25) is 28.8 Å². The number of aromatic nitrogens is 18. The van der Waals surface area contributed by atoms with Crippen LogP contribution in [0.3, 0.4) is 0 Å². The number of rotatable bonds is 22. The van der Waals surface area contributed by atoms with Crippen LogP contribution in [-0.2, 0) is 14.4 Å². The number of imidazole rings is 2. The maximum atomic E-state index is 10.8. The summed E-state index contributed by atoms with van der Waals surface area (Å²) in [6.07, 6.45) is 12.7. The number of pyridine rings is 2. The first-order chi connectivity index (χ1) is 62.6. The number of nitrogens with zero attached hydrogens (tertiary/aromatic N) is 16. The third-order valence-electron chi connectivity index (χ3n) is 15.2. The lowest BCUT2D eigenvalue weighted by Crippen LogP contribution is -2.38. The predicted octanol–water partition coefficient (Wildman–Crippen LogP) is 19.6. The van der Waals surface area contributed by atoms with E-state index in [9.17, 15) is 34.2 Å². The molecular formula is C99H199N29O8. The lowest BCUT2D eigenvalue weighted by Gasteiger charge is -2.18. The number of aliphatic hydroxyl groups is 3. The van der Waals surface area contributed by atoms with Crippen molar-refractivity contribution in [2.24, 2.45) is 125 Å². The van der Waals surface area contributed by atoms with Gasteiger partial charge >= 0.3 is 0 Å². The number of allylic oxidation sites excluding steroid dienone is 2. The third-order valence-corrected chi connectivity index (χ3v) is 15.2. The molecule has 8 rings (SSSR count). The molecule has 136 heavy (non-hydrogen) atoms. The summed E-state index contributed by atoms with van der Waals surface area (Å²) in [5.74, 6) is 11.3. The topological polar surface area (TPSA) is 588 Å². The van der Waals surface area contributed by atoms with Gasteiger partial charge in [0.15, 0.2) is 17.5 Å². The van der Waals surface area contributed by atoms with Crippen LogP contribution in [-0.4, -0.2) is 185 Å². The number of primary amides is 2. The Bertz CT molecular complexity index is 3580. The second-order valence-electron chi connectivity index (χ2n) is 39.1. The van der Waals surface area contributed by atoms with E-state index in [2.05, 4.69) is 239 Å². The summed E-state index contributed by atoms with van der Waals surface area (Å²) in [7, 11) is 0. The highest BCUT2D eigenvalue weighted by Gasteiger charge is 2.13. The van der Waals surface area contributed by atoms with Crippen LogP contribution < -0.4 is 44.7 Å². The highest BCUT2D eigenvalue weighted by Crippen LogP contribution is 2.14. The zero-order chi connectivity index (χ0) is 108. The molecule has 8 heterocycles. The highest BCUT2D eigenvalue weighted by atomic mass is 16.3. The van der Waals surface area contributed by atoms with Gasteiger partial charge in [0.1, 0.15) is 12.8 Å². The lowest BCUT2D eigenvalue weighted by molar-refractivity contribution is -0.124. The molecular weight excluding hydrogens is 1720 g/mol. The number of nitrogens with two attached hydrogens (primary N) is 4. The van der Waals surface area contributed by atoms with Crippen LogP contribution in [0.1, 0.15) is 383 Å². The number of nitrogens with one attached hydrogen (secondary N) is 9. The van der Waals surface area contributed by atoms with Gasteiger partial charge in [-0.25, -0.2) is 9.97 Å². The molecule has 0 saturated heterocycles. The van der Waals surface area contributed by atoms with Crippen molar-refractivity contribution < 1.29 is 29.7 Å². The zero-order valence-electron chi connectivity index (χ0n) is 93.1. The van der Waals surface area contributed by atoms with Crippen molar-refractivity contribution in [3.63, 3.8) is 0 Å². The van der Waals surface area contributed by atoms with Crippen molar-refractivity contribution in [2.75, 3.05) is 6.54 Å².